The molecule has 0 spiro atoms. The molecule has 0 bridgehead atoms. The van der Waals surface area contributed by atoms with Crippen LogP contribution in [-0.4, -0.2) is 23.9 Å². The van der Waals surface area contributed by atoms with E-state index in [1.165, 1.54) is 0 Å². The molecule has 0 rings (SSSR count). The molecule has 0 aromatic carbocycles. The van der Waals surface area contributed by atoms with Crippen LogP contribution in [0.5, 0.6) is 0 Å². The lowest BCUT2D eigenvalue weighted by Gasteiger charge is -2.23. The Morgan fingerprint density at radius 3 is 2.31 bits per heavy atom. The summed E-state index contributed by atoms with van der Waals surface area (Å²) in [6, 6.07) is 1.99. The molecule has 3 nitrogen and oxygen atoms in total. The third kappa shape index (κ3) is 5.24. The van der Waals surface area contributed by atoms with Crippen LogP contribution in [0.1, 0.15) is 34.1 Å². The highest BCUT2D eigenvalue weighted by Gasteiger charge is 2.19. The van der Waals surface area contributed by atoms with Gasteiger partial charge in [-0.1, -0.05) is 20.8 Å². The van der Waals surface area contributed by atoms with Crippen molar-refractivity contribution >= 4 is 5.91 Å². The highest BCUT2D eigenvalue weighted by Crippen LogP contribution is 2.19. The standard InChI is InChI=1S/C10H18N2O/c1-5-12(7-6-11)9(13)8-10(2,3)4/h5,7-8H2,1-4H3. The summed E-state index contributed by atoms with van der Waals surface area (Å²) in [5.41, 5.74) is -0.0000406. The van der Waals surface area contributed by atoms with Crippen LogP contribution in [-0.2, 0) is 4.79 Å². The maximum absolute atomic E-state index is 11.6. The van der Waals surface area contributed by atoms with Gasteiger partial charge >= 0.3 is 0 Å². The first-order chi connectivity index (χ1) is 5.90. The molecule has 0 aromatic heterocycles. The van der Waals surface area contributed by atoms with Crippen molar-refractivity contribution in [3.05, 3.63) is 0 Å². The van der Waals surface area contributed by atoms with Crippen LogP contribution in [0.4, 0.5) is 0 Å². The molecule has 3 heteroatoms. The van der Waals surface area contributed by atoms with E-state index in [0.29, 0.717) is 13.0 Å². The number of hydrogen-bond donors (Lipinski definition) is 0. The number of nitrogens with zero attached hydrogens (tertiary/aromatic N) is 2. The summed E-state index contributed by atoms with van der Waals surface area (Å²) in [7, 11) is 0. The van der Waals surface area contributed by atoms with Crippen LogP contribution in [0, 0.1) is 16.7 Å². The van der Waals surface area contributed by atoms with Crippen LogP contribution in [0.3, 0.4) is 0 Å². The van der Waals surface area contributed by atoms with E-state index in [4.69, 9.17) is 5.26 Å². The van der Waals surface area contributed by atoms with Gasteiger partial charge in [0.2, 0.25) is 5.91 Å². The van der Waals surface area contributed by atoms with Gasteiger partial charge in [0, 0.05) is 13.0 Å². The minimum Gasteiger partial charge on any atom is -0.330 e. The molecule has 13 heavy (non-hydrogen) atoms. The van der Waals surface area contributed by atoms with Crippen LogP contribution in [0.2, 0.25) is 0 Å². The molecule has 74 valence electrons. The molecule has 1 amide bonds. The zero-order chi connectivity index (χ0) is 10.5. The maximum Gasteiger partial charge on any atom is 0.223 e. The number of hydrogen-bond acceptors (Lipinski definition) is 2. The Morgan fingerprint density at radius 2 is 2.00 bits per heavy atom. The number of rotatable bonds is 3. The third-order valence-corrected chi connectivity index (χ3v) is 1.68. The van der Waals surface area contributed by atoms with Gasteiger partial charge in [-0.3, -0.25) is 4.79 Å². The molecular weight excluding hydrogens is 164 g/mol. The molecule has 0 aliphatic rings. The van der Waals surface area contributed by atoms with Gasteiger partial charge in [-0.05, 0) is 12.3 Å². The minimum absolute atomic E-state index is 0.0000406. The Kier molecular flexibility index (Phi) is 4.47. The molecule has 0 atom stereocenters. The largest absolute Gasteiger partial charge is 0.330 e. The molecule has 0 saturated heterocycles. The zero-order valence-electron chi connectivity index (χ0n) is 8.92. The van der Waals surface area contributed by atoms with Crippen LogP contribution < -0.4 is 0 Å². The number of amides is 1. The number of carbonyl (C=O) groups excluding carboxylic acids is 1. The lowest BCUT2D eigenvalue weighted by molar-refractivity contribution is -0.132. The summed E-state index contributed by atoms with van der Waals surface area (Å²) >= 11 is 0. The molecular formula is C10H18N2O. The molecule has 0 unspecified atom stereocenters. The van der Waals surface area contributed by atoms with Crippen molar-refractivity contribution in [1.82, 2.24) is 4.90 Å². The van der Waals surface area contributed by atoms with E-state index in [1.54, 1.807) is 4.90 Å². The summed E-state index contributed by atoms with van der Waals surface area (Å²) in [5.74, 6) is 0.0663. The van der Waals surface area contributed by atoms with Crippen molar-refractivity contribution in [1.29, 1.82) is 5.26 Å². The minimum atomic E-state index is -0.0000406. The molecule has 0 heterocycles. The van der Waals surface area contributed by atoms with Crippen molar-refractivity contribution in [2.75, 3.05) is 13.1 Å². The van der Waals surface area contributed by atoms with Crippen molar-refractivity contribution in [2.24, 2.45) is 5.41 Å². The number of nitriles is 1. The molecule has 0 radical (unpaired) electrons. The Hall–Kier alpha value is -1.04. The SMILES string of the molecule is CCN(CC#N)C(=O)CC(C)(C)C. The molecule has 0 saturated carbocycles. The quantitative estimate of drug-likeness (QED) is 0.625. The summed E-state index contributed by atoms with van der Waals surface area (Å²) in [6.45, 7) is 8.76. The van der Waals surface area contributed by atoms with E-state index in [2.05, 4.69) is 0 Å². The Bertz CT molecular complexity index is 210. The fourth-order valence-corrected chi connectivity index (χ4v) is 1.03. The predicted octanol–water partition coefficient (Wildman–Crippen LogP) is 1.79. The van der Waals surface area contributed by atoms with Gasteiger partial charge in [-0.2, -0.15) is 5.26 Å². The van der Waals surface area contributed by atoms with Crippen LogP contribution >= 0.6 is 0 Å². The molecule has 0 aliphatic carbocycles. The fraction of sp³-hybridized carbons (Fsp3) is 0.800. The predicted molar refractivity (Wildman–Crippen MR) is 51.9 cm³/mol. The smallest absolute Gasteiger partial charge is 0.223 e. The summed E-state index contributed by atoms with van der Waals surface area (Å²) in [5, 5.41) is 8.47. The van der Waals surface area contributed by atoms with Crippen molar-refractivity contribution < 1.29 is 4.79 Å². The number of carbonyl (C=O) groups is 1. The average Bonchev–Trinajstić information content (AvgIpc) is 1.96. The Balaban J connectivity index is 4.16. The second kappa shape index (κ2) is 4.86. The van der Waals surface area contributed by atoms with E-state index in [0.717, 1.165) is 0 Å². The van der Waals surface area contributed by atoms with Crippen molar-refractivity contribution in [3.63, 3.8) is 0 Å². The normalized spacial score (nSPS) is 10.7. The highest BCUT2D eigenvalue weighted by atomic mass is 16.2. The van der Waals surface area contributed by atoms with Gasteiger partial charge < -0.3 is 4.90 Å². The van der Waals surface area contributed by atoms with Gasteiger partial charge in [0.05, 0.1) is 6.07 Å². The average molecular weight is 182 g/mol. The van der Waals surface area contributed by atoms with Gasteiger partial charge in [0.25, 0.3) is 0 Å². The lowest BCUT2D eigenvalue weighted by atomic mass is 9.91. The third-order valence-electron chi connectivity index (χ3n) is 1.68. The van der Waals surface area contributed by atoms with E-state index >= 15 is 0 Å². The second-order valence-corrected chi connectivity index (χ2v) is 4.30. The van der Waals surface area contributed by atoms with E-state index in [-0.39, 0.29) is 17.9 Å². The topological polar surface area (TPSA) is 44.1 Å². The van der Waals surface area contributed by atoms with Crippen molar-refractivity contribution in [2.45, 2.75) is 34.1 Å². The molecule has 0 aromatic rings. The van der Waals surface area contributed by atoms with Gasteiger partial charge in [0.15, 0.2) is 0 Å². The van der Waals surface area contributed by atoms with Gasteiger partial charge in [-0.15, -0.1) is 0 Å². The maximum atomic E-state index is 11.6. The van der Waals surface area contributed by atoms with Crippen LogP contribution in [0.15, 0.2) is 0 Å². The summed E-state index contributed by atoms with van der Waals surface area (Å²) in [6.07, 6.45) is 0.502. The Labute approximate surface area is 80.3 Å². The zero-order valence-corrected chi connectivity index (χ0v) is 8.92. The molecule has 0 fully saturated rings. The van der Waals surface area contributed by atoms with Gasteiger partial charge in [-0.25, -0.2) is 0 Å². The van der Waals surface area contributed by atoms with Crippen molar-refractivity contribution in [3.8, 4) is 6.07 Å². The molecule has 0 N–H and O–H groups in total. The summed E-state index contributed by atoms with van der Waals surface area (Å²) < 4.78 is 0. The molecule has 0 aliphatic heterocycles. The van der Waals surface area contributed by atoms with Gasteiger partial charge in [0.1, 0.15) is 6.54 Å². The Morgan fingerprint density at radius 1 is 1.46 bits per heavy atom. The second-order valence-electron chi connectivity index (χ2n) is 4.30. The monoisotopic (exact) mass is 182 g/mol. The fourth-order valence-electron chi connectivity index (χ4n) is 1.03. The van der Waals surface area contributed by atoms with E-state index in [9.17, 15) is 4.79 Å². The lowest BCUT2D eigenvalue weighted by Crippen LogP contribution is -2.33. The highest BCUT2D eigenvalue weighted by molar-refractivity contribution is 5.77. The first-order valence-electron chi connectivity index (χ1n) is 4.55. The summed E-state index contributed by atoms with van der Waals surface area (Å²) in [4.78, 5) is 13.1. The first-order valence-corrected chi connectivity index (χ1v) is 4.55. The van der Waals surface area contributed by atoms with E-state index in [1.807, 2.05) is 33.8 Å². The first kappa shape index (κ1) is 12.0. The van der Waals surface area contributed by atoms with E-state index < -0.39 is 0 Å². The van der Waals surface area contributed by atoms with Crippen LogP contribution in [0.25, 0.3) is 0 Å².